The molecule has 0 unspecified atom stereocenters. The van der Waals surface area contributed by atoms with E-state index in [9.17, 15) is 14.7 Å². The molecule has 2 aromatic rings. The van der Waals surface area contributed by atoms with Crippen molar-refractivity contribution in [1.82, 2.24) is 10.6 Å². The van der Waals surface area contributed by atoms with Crippen LogP contribution in [-0.4, -0.2) is 30.5 Å². The first-order valence-corrected chi connectivity index (χ1v) is 6.32. The Morgan fingerprint density at radius 3 is 2.45 bits per heavy atom. The average molecular weight is 272 g/mol. The van der Waals surface area contributed by atoms with Crippen LogP contribution < -0.4 is 10.6 Å². The van der Waals surface area contributed by atoms with Crippen LogP contribution in [0.4, 0.5) is 0 Å². The van der Waals surface area contributed by atoms with Crippen LogP contribution in [0.15, 0.2) is 36.4 Å². The van der Waals surface area contributed by atoms with Gasteiger partial charge in [0.2, 0.25) is 5.91 Å². The number of amides is 2. The minimum Gasteiger partial charge on any atom is -0.507 e. The number of aromatic hydroxyl groups is 1. The SMILES string of the molecule is CNC(=O)CCNC(=O)c1cc2ccccc2cc1O. The van der Waals surface area contributed by atoms with Gasteiger partial charge in [-0.1, -0.05) is 24.3 Å². The lowest BCUT2D eigenvalue weighted by atomic mass is 10.1. The van der Waals surface area contributed by atoms with Gasteiger partial charge in [-0.05, 0) is 22.9 Å². The fourth-order valence-corrected chi connectivity index (χ4v) is 1.92. The smallest absolute Gasteiger partial charge is 0.255 e. The van der Waals surface area contributed by atoms with Crippen molar-refractivity contribution in [2.75, 3.05) is 13.6 Å². The summed E-state index contributed by atoms with van der Waals surface area (Å²) in [6.07, 6.45) is 0.205. The van der Waals surface area contributed by atoms with Crippen molar-refractivity contribution >= 4 is 22.6 Å². The summed E-state index contributed by atoms with van der Waals surface area (Å²) in [5, 5.41) is 16.7. The Hall–Kier alpha value is -2.56. The average Bonchev–Trinajstić information content (AvgIpc) is 2.46. The van der Waals surface area contributed by atoms with E-state index in [1.807, 2.05) is 24.3 Å². The molecular weight excluding hydrogens is 256 g/mol. The van der Waals surface area contributed by atoms with Gasteiger partial charge in [-0.3, -0.25) is 9.59 Å². The van der Waals surface area contributed by atoms with Gasteiger partial charge in [-0.15, -0.1) is 0 Å². The molecule has 2 aromatic carbocycles. The Morgan fingerprint density at radius 2 is 1.80 bits per heavy atom. The van der Waals surface area contributed by atoms with Crippen LogP contribution in [0.25, 0.3) is 10.8 Å². The number of hydrogen-bond donors (Lipinski definition) is 3. The van der Waals surface area contributed by atoms with Crippen molar-refractivity contribution in [3.8, 4) is 5.75 Å². The van der Waals surface area contributed by atoms with E-state index in [-0.39, 0.29) is 30.2 Å². The Balaban J connectivity index is 2.13. The van der Waals surface area contributed by atoms with Gasteiger partial charge in [0.05, 0.1) is 5.56 Å². The molecule has 0 aliphatic rings. The Labute approximate surface area is 116 Å². The molecule has 2 amide bonds. The summed E-state index contributed by atoms with van der Waals surface area (Å²) in [6, 6.07) is 10.7. The molecule has 0 fully saturated rings. The second kappa shape index (κ2) is 6.06. The molecule has 5 heteroatoms. The van der Waals surface area contributed by atoms with E-state index in [4.69, 9.17) is 0 Å². The van der Waals surface area contributed by atoms with Crippen LogP contribution in [0.3, 0.4) is 0 Å². The summed E-state index contributed by atoms with van der Waals surface area (Å²) in [7, 11) is 1.54. The minimum absolute atomic E-state index is 0.0684. The van der Waals surface area contributed by atoms with Crippen molar-refractivity contribution in [2.45, 2.75) is 6.42 Å². The maximum absolute atomic E-state index is 12.0. The number of carbonyl (C=O) groups is 2. The van der Waals surface area contributed by atoms with Crippen molar-refractivity contribution in [2.24, 2.45) is 0 Å². The molecule has 0 aliphatic carbocycles. The van der Waals surface area contributed by atoms with Gasteiger partial charge in [-0.2, -0.15) is 0 Å². The standard InChI is InChI=1S/C15H16N2O3/c1-16-14(19)6-7-17-15(20)12-8-10-4-2-3-5-11(10)9-13(12)18/h2-5,8-9,18H,6-7H2,1H3,(H,16,19)(H,17,20). The molecule has 0 aliphatic heterocycles. The molecule has 0 spiro atoms. The van der Waals surface area contributed by atoms with E-state index in [2.05, 4.69) is 10.6 Å². The molecule has 0 heterocycles. The van der Waals surface area contributed by atoms with E-state index in [1.54, 1.807) is 19.2 Å². The quantitative estimate of drug-likeness (QED) is 0.787. The molecule has 0 radical (unpaired) electrons. The van der Waals surface area contributed by atoms with Crippen LogP contribution in [0.5, 0.6) is 5.75 Å². The van der Waals surface area contributed by atoms with Gasteiger partial charge in [0.25, 0.3) is 5.91 Å². The first-order chi connectivity index (χ1) is 9.61. The molecule has 2 rings (SSSR count). The zero-order valence-corrected chi connectivity index (χ0v) is 11.1. The highest BCUT2D eigenvalue weighted by atomic mass is 16.3. The predicted octanol–water partition coefficient (Wildman–Crippen LogP) is 1.41. The first kappa shape index (κ1) is 13.9. The third kappa shape index (κ3) is 3.06. The van der Waals surface area contributed by atoms with E-state index in [0.717, 1.165) is 10.8 Å². The maximum atomic E-state index is 12.0. The van der Waals surface area contributed by atoms with Gasteiger partial charge in [0.1, 0.15) is 5.75 Å². The van der Waals surface area contributed by atoms with Gasteiger partial charge in [0, 0.05) is 20.0 Å². The van der Waals surface area contributed by atoms with E-state index < -0.39 is 5.91 Å². The van der Waals surface area contributed by atoms with Crippen molar-refractivity contribution in [3.05, 3.63) is 42.0 Å². The molecule has 0 bridgehead atoms. The number of fused-ring (bicyclic) bond motifs is 1. The Bertz CT molecular complexity index is 653. The number of phenols is 1. The summed E-state index contributed by atoms with van der Waals surface area (Å²) < 4.78 is 0. The molecule has 0 aromatic heterocycles. The topological polar surface area (TPSA) is 78.4 Å². The highest BCUT2D eigenvalue weighted by Gasteiger charge is 2.12. The number of hydrogen-bond acceptors (Lipinski definition) is 3. The highest BCUT2D eigenvalue weighted by molar-refractivity contribution is 6.01. The van der Waals surface area contributed by atoms with E-state index in [0.29, 0.717) is 0 Å². The third-order valence-electron chi connectivity index (χ3n) is 3.03. The fourth-order valence-electron chi connectivity index (χ4n) is 1.92. The number of carbonyl (C=O) groups excluding carboxylic acids is 2. The van der Waals surface area contributed by atoms with Crippen LogP contribution >= 0.6 is 0 Å². The summed E-state index contributed by atoms with van der Waals surface area (Å²) >= 11 is 0. The number of nitrogens with one attached hydrogen (secondary N) is 2. The molecule has 0 atom stereocenters. The molecule has 3 N–H and O–H groups in total. The zero-order chi connectivity index (χ0) is 14.5. The molecule has 20 heavy (non-hydrogen) atoms. The first-order valence-electron chi connectivity index (χ1n) is 6.32. The largest absolute Gasteiger partial charge is 0.507 e. The molecular formula is C15H16N2O3. The van der Waals surface area contributed by atoms with Crippen LogP contribution in [0.1, 0.15) is 16.8 Å². The minimum atomic E-state index is -0.392. The lowest BCUT2D eigenvalue weighted by Gasteiger charge is -2.08. The van der Waals surface area contributed by atoms with Gasteiger partial charge in [-0.25, -0.2) is 0 Å². The van der Waals surface area contributed by atoms with E-state index in [1.165, 1.54) is 0 Å². The number of rotatable bonds is 4. The molecule has 104 valence electrons. The van der Waals surface area contributed by atoms with Crippen molar-refractivity contribution < 1.29 is 14.7 Å². The number of benzene rings is 2. The van der Waals surface area contributed by atoms with Gasteiger partial charge >= 0.3 is 0 Å². The summed E-state index contributed by atoms with van der Waals surface area (Å²) in [4.78, 5) is 23.0. The third-order valence-corrected chi connectivity index (χ3v) is 3.03. The van der Waals surface area contributed by atoms with E-state index >= 15 is 0 Å². The summed E-state index contributed by atoms with van der Waals surface area (Å²) in [5.74, 6) is -0.605. The van der Waals surface area contributed by atoms with Crippen LogP contribution in [0.2, 0.25) is 0 Å². The Kier molecular flexibility index (Phi) is 4.20. The maximum Gasteiger partial charge on any atom is 0.255 e. The zero-order valence-electron chi connectivity index (χ0n) is 11.1. The monoisotopic (exact) mass is 272 g/mol. The lowest BCUT2D eigenvalue weighted by molar-refractivity contribution is -0.120. The van der Waals surface area contributed by atoms with Crippen molar-refractivity contribution in [3.63, 3.8) is 0 Å². The summed E-state index contributed by atoms with van der Waals surface area (Å²) in [5.41, 5.74) is 0.209. The number of phenolic OH excluding ortho intramolecular Hbond substituents is 1. The predicted molar refractivity (Wildman–Crippen MR) is 76.6 cm³/mol. The van der Waals surface area contributed by atoms with Gasteiger partial charge < -0.3 is 15.7 Å². The van der Waals surface area contributed by atoms with Crippen LogP contribution in [-0.2, 0) is 4.79 Å². The summed E-state index contributed by atoms with van der Waals surface area (Å²) in [6.45, 7) is 0.227. The molecule has 0 saturated heterocycles. The lowest BCUT2D eigenvalue weighted by Crippen LogP contribution is -2.29. The highest BCUT2D eigenvalue weighted by Crippen LogP contribution is 2.24. The molecule has 5 nitrogen and oxygen atoms in total. The normalized spacial score (nSPS) is 10.2. The molecule has 0 saturated carbocycles. The van der Waals surface area contributed by atoms with Gasteiger partial charge in [0.15, 0.2) is 0 Å². The second-order valence-corrected chi connectivity index (χ2v) is 4.40. The Morgan fingerprint density at radius 1 is 1.15 bits per heavy atom. The van der Waals surface area contributed by atoms with Crippen molar-refractivity contribution in [1.29, 1.82) is 0 Å². The van der Waals surface area contributed by atoms with Crippen LogP contribution in [0, 0.1) is 0 Å². The second-order valence-electron chi connectivity index (χ2n) is 4.40. The fraction of sp³-hybridized carbons (Fsp3) is 0.200.